The average molecular weight is 167 g/mol. The Morgan fingerprint density at radius 3 is 3.08 bits per heavy atom. The second-order valence-corrected chi connectivity index (χ2v) is 2.18. The normalized spacial score (nSPS) is 9.33. The van der Waals surface area contributed by atoms with Crippen LogP contribution in [0.25, 0.3) is 0 Å². The summed E-state index contributed by atoms with van der Waals surface area (Å²) in [5.41, 5.74) is 5.98. The van der Waals surface area contributed by atoms with Gasteiger partial charge in [0.25, 0.3) is 0 Å². The van der Waals surface area contributed by atoms with Crippen molar-refractivity contribution in [2.45, 2.75) is 0 Å². The number of nitrogen functional groups attached to an aromatic ring is 1. The second kappa shape index (κ2) is 3.56. The summed E-state index contributed by atoms with van der Waals surface area (Å²) < 4.78 is 0. The Morgan fingerprint density at radius 2 is 2.50 bits per heavy atom. The minimum Gasteiger partial charge on any atom is -0.480 e. The predicted octanol–water partition coefficient (Wildman–Crippen LogP) is 0.160. The van der Waals surface area contributed by atoms with Gasteiger partial charge in [0, 0.05) is 6.20 Å². The molecule has 4 N–H and O–H groups in total. The van der Waals surface area contributed by atoms with Gasteiger partial charge in [0.15, 0.2) is 0 Å². The minimum atomic E-state index is -0.932. The highest BCUT2D eigenvalue weighted by Crippen LogP contribution is 2.12. The first kappa shape index (κ1) is 8.32. The largest absolute Gasteiger partial charge is 0.480 e. The van der Waals surface area contributed by atoms with Crippen molar-refractivity contribution in [2.75, 3.05) is 17.6 Å². The molecule has 0 aliphatic carbocycles. The summed E-state index contributed by atoms with van der Waals surface area (Å²) in [7, 11) is 0. The van der Waals surface area contributed by atoms with Crippen LogP contribution in [0.4, 0.5) is 11.5 Å². The molecule has 0 amide bonds. The second-order valence-electron chi connectivity index (χ2n) is 2.18. The van der Waals surface area contributed by atoms with E-state index in [9.17, 15) is 4.79 Å². The fourth-order valence-electron chi connectivity index (χ4n) is 0.738. The van der Waals surface area contributed by atoms with E-state index in [1.165, 1.54) is 0 Å². The molecule has 1 heterocycles. The maximum atomic E-state index is 10.2. The maximum absolute atomic E-state index is 10.2. The fourth-order valence-corrected chi connectivity index (χ4v) is 0.738. The monoisotopic (exact) mass is 167 g/mol. The standard InChI is InChI=1S/C7H9N3O2/c8-7-5(2-1-3-9-7)10-4-6(11)12/h1-3,10H,4H2,(H2,8,9)(H,11,12). The number of rotatable bonds is 3. The van der Waals surface area contributed by atoms with Crippen LogP contribution in [0, 0.1) is 0 Å². The van der Waals surface area contributed by atoms with Crippen LogP contribution in [0.5, 0.6) is 0 Å². The van der Waals surface area contributed by atoms with Gasteiger partial charge in [-0.2, -0.15) is 0 Å². The van der Waals surface area contributed by atoms with E-state index in [2.05, 4.69) is 10.3 Å². The van der Waals surface area contributed by atoms with Crippen molar-refractivity contribution in [3.63, 3.8) is 0 Å². The van der Waals surface area contributed by atoms with E-state index in [1.54, 1.807) is 18.3 Å². The number of nitrogens with one attached hydrogen (secondary N) is 1. The quantitative estimate of drug-likeness (QED) is 0.596. The summed E-state index contributed by atoms with van der Waals surface area (Å²) in [6.07, 6.45) is 1.54. The van der Waals surface area contributed by atoms with Crippen molar-refractivity contribution in [1.82, 2.24) is 4.98 Å². The van der Waals surface area contributed by atoms with Crippen LogP contribution in [0.15, 0.2) is 18.3 Å². The Hall–Kier alpha value is -1.78. The zero-order valence-corrected chi connectivity index (χ0v) is 6.32. The van der Waals surface area contributed by atoms with Gasteiger partial charge in [-0.05, 0) is 12.1 Å². The zero-order valence-electron chi connectivity index (χ0n) is 6.32. The lowest BCUT2D eigenvalue weighted by Gasteiger charge is -2.04. The first-order valence-electron chi connectivity index (χ1n) is 3.36. The van der Waals surface area contributed by atoms with Crippen molar-refractivity contribution in [2.24, 2.45) is 0 Å². The first-order chi connectivity index (χ1) is 5.70. The molecule has 1 aromatic rings. The number of hydrogen-bond acceptors (Lipinski definition) is 4. The third kappa shape index (κ3) is 2.12. The molecule has 5 heteroatoms. The van der Waals surface area contributed by atoms with Crippen molar-refractivity contribution in [3.8, 4) is 0 Å². The lowest BCUT2D eigenvalue weighted by Crippen LogP contribution is -2.13. The van der Waals surface area contributed by atoms with E-state index in [-0.39, 0.29) is 6.54 Å². The molecule has 0 saturated heterocycles. The van der Waals surface area contributed by atoms with E-state index in [4.69, 9.17) is 10.8 Å². The number of nitrogens with two attached hydrogens (primary N) is 1. The van der Waals surface area contributed by atoms with Gasteiger partial charge < -0.3 is 16.2 Å². The van der Waals surface area contributed by atoms with E-state index >= 15 is 0 Å². The fraction of sp³-hybridized carbons (Fsp3) is 0.143. The Bertz CT molecular complexity index is 288. The average Bonchev–Trinajstić information content (AvgIpc) is 2.03. The van der Waals surface area contributed by atoms with Gasteiger partial charge >= 0.3 is 5.97 Å². The minimum absolute atomic E-state index is 0.157. The molecule has 0 aliphatic rings. The molecule has 0 bridgehead atoms. The molecule has 12 heavy (non-hydrogen) atoms. The van der Waals surface area contributed by atoms with Gasteiger partial charge in [-0.3, -0.25) is 4.79 Å². The lowest BCUT2D eigenvalue weighted by atomic mass is 10.4. The highest BCUT2D eigenvalue weighted by molar-refractivity contribution is 5.74. The third-order valence-electron chi connectivity index (χ3n) is 1.27. The predicted molar refractivity (Wildman–Crippen MR) is 44.8 cm³/mol. The molecule has 0 atom stereocenters. The molecular weight excluding hydrogens is 158 g/mol. The number of aliphatic carboxylic acids is 1. The highest BCUT2D eigenvalue weighted by atomic mass is 16.4. The Morgan fingerprint density at radius 1 is 1.75 bits per heavy atom. The number of carbonyl (C=O) groups is 1. The topological polar surface area (TPSA) is 88.2 Å². The highest BCUT2D eigenvalue weighted by Gasteiger charge is 1.99. The van der Waals surface area contributed by atoms with Crippen molar-refractivity contribution in [1.29, 1.82) is 0 Å². The molecule has 1 rings (SSSR count). The number of pyridine rings is 1. The van der Waals surface area contributed by atoms with Crippen LogP contribution >= 0.6 is 0 Å². The molecule has 0 aliphatic heterocycles. The Labute approximate surface area is 69.2 Å². The van der Waals surface area contributed by atoms with E-state index in [0.717, 1.165) is 0 Å². The Kier molecular flexibility index (Phi) is 2.47. The molecular formula is C7H9N3O2. The molecule has 0 saturated carbocycles. The molecule has 0 unspecified atom stereocenters. The van der Waals surface area contributed by atoms with Crippen LogP contribution in [0.1, 0.15) is 0 Å². The number of carboxylic acid groups (broad SMARTS) is 1. The summed E-state index contributed by atoms with van der Waals surface area (Å²) in [4.78, 5) is 13.9. The number of anilines is 2. The molecule has 5 nitrogen and oxygen atoms in total. The summed E-state index contributed by atoms with van der Waals surface area (Å²) in [6.45, 7) is -0.157. The molecule has 64 valence electrons. The van der Waals surface area contributed by atoms with Gasteiger partial charge in [-0.25, -0.2) is 4.98 Å². The van der Waals surface area contributed by atoms with Crippen LogP contribution in [-0.4, -0.2) is 22.6 Å². The van der Waals surface area contributed by atoms with Gasteiger partial charge in [-0.1, -0.05) is 0 Å². The zero-order chi connectivity index (χ0) is 8.97. The Balaban J connectivity index is 2.63. The lowest BCUT2D eigenvalue weighted by molar-refractivity contribution is -0.134. The number of nitrogens with zero attached hydrogens (tertiary/aromatic N) is 1. The van der Waals surface area contributed by atoms with Crippen LogP contribution < -0.4 is 11.1 Å². The SMILES string of the molecule is Nc1ncccc1NCC(=O)O. The summed E-state index contributed by atoms with van der Waals surface area (Å²) in [5, 5.41) is 11.0. The number of hydrogen-bond donors (Lipinski definition) is 3. The summed E-state index contributed by atoms with van der Waals surface area (Å²) >= 11 is 0. The summed E-state index contributed by atoms with van der Waals surface area (Å²) in [5.74, 6) is -0.628. The van der Waals surface area contributed by atoms with Gasteiger partial charge in [0.1, 0.15) is 12.4 Å². The van der Waals surface area contributed by atoms with Gasteiger partial charge in [0.05, 0.1) is 5.69 Å². The maximum Gasteiger partial charge on any atom is 0.322 e. The molecule has 0 fully saturated rings. The van der Waals surface area contributed by atoms with E-state index < -0.39 is 5.97 Å². The van der Waals surface area contributed by atoms with Crippen molar-refractivity contribution >= 4 is 17.5 Å². The molecule has 0 aromatic carbocycles. The summed E-state index contributed by atoms with van der Waals surface area (Å²) in [6, 6.07) is 3.35. The van der Waals surface area contributed by atoms with Crippen molar-refractivity contribution < 1.29 is 9.90 Å². The molecule has 0 spiro atoms. The van der Waals surface area contributed by atoms with Crippen LogP contribution in [-0.2, 0) is 4.79 Å². The molecule has 0 radical (unpaired) electrons. The van der Waals surface area contributed by atoms with Gasteiger partial charge in [-0.15, -0.1) is 0 Å². The van der Waals surface area contributed by atoms with Crippen molar-refractivity contribution in [3.05, 3.63) is 18.3 Å². The first-order valence-corrected chi connectivity index (χ1v) is 3.36. The van der Waals surface area contributed by atoms with Crippen LogP contribution in [0.3, 0.4) is 0 Å². The van der Waals surface area contributed by atoms with Gasteiger partial charge in [0.2, 0.25) is 0 Å². The molecule has 1 aromatic heterocycles. The number of aromatic nitrogens is 1. The third-order valence-corrected chi connectivity index (χ3v) is 1.27. The van der Waals surface area contributed by atoms with E-state index in [1.807, 2.05) is 0 Å². The van der Waals surface area contributed by atoms with E-state index in [0.29, 0.717) is 11.5 Å². The number of carboxylic acids is 1. The smallest absolute Gasteiger partial charge is 0.322 e. The van der Waals surface area contributed by atoms with Crippen LogP contribution in [0.2, 0.25) is 0 Å².